The minimum Gasteiger partial charge on any atom is -0.507 e. The highest BCUT2D eigenvalue weighted by Gasteiger charge is 2.56. The molecule has 10 rings (SSSR count). The van der Waals surface area contributed by atoms with Crippen molar-refractivity contribution in [2.45, 2.75) is 109 Å². The summed E-state index contributed by atoms with van der Waals surface area (Å²) in [4.78, 5) is 59.4. The number of urea groups is 1. The number of nitrogens with one attached hydrogen (secondary N) is 3. The van der Waals surface area contributed by atoms with Gasteiger partial charge in [0, 0.05) is 95.9 Å². The zero-order chi connectivity index (χ0) is 46.8. The Labute approximate surface area is 395 Å². The summed E-state index contributed by atoms with van der Waals surface area (Å²) in [5.41, 5.74) is 5.57. The Bertz CT molecular complexity index is 2720. The van der Waals surface area contributed by atoms with Gasteiger partial charge in [-0.05, 0) is 92.9 Å². The van der Waals surface area contributed by atoms with Gasteiger partial charge < -0.3 is 45.4 Å². The van der Waals surface area contributed by atoms with Crippen molar-refractivity contribution >= 4 is 45.3 Å². The first-order chi connectivity index (χ1) is 32.2. The van der Waals surface area contributed by atoms with Crippen molar-refractivity contribution in [3.63, 3.8) is 0 Å². The van der Waals surface area contributed by atoms with E-state index in [2.05, 4.69) is 54.7 Å². The third-order valence-corrected chi connectivity index (χ3v) is 16.3. The average molecular weight is 925 g/mol. The van der Waals surface area contributed by atoms with Crippen LogP contribution in [0.5, 0.6) is 5.75 Å². The molecule has 2 aromatic carbocycles. The van der Waals surface area contributed by atoms with Crippen molar-refractivity contribution in [3.8, 4) is 29.4 Å². The summed E-state index contributed by atoms with van der Waals surface area (Å²) in [6.45, 7) is 12.5. The first kappa shape index (κ1) is 44.8. The zero-order valence-corrected chi connectivity index (χ0v) is 39.5. The Kier molecular flexibility index (Phi) is 11.7. The Morgan fingerprint density at radius 1 is 1.04 bits per heavy atom. The molecule has 3 aromatic heterocycles. The summed E-state index contributed by atoms with van der Waals surface area (Å²) in [6, 6.07) is 15.2. The van der Waals surface area contributed by atoms with Gasteiger partial charge in [0.1, 0.15) is 17.8 Å². The van der Waals surface area contributed by atoms with Crippen molar-refractivity contribution in [2.24, 2.45) is 10.8 Å². The van der Waals surface area contributed by atoms with Gasteiger partial charge in [-0.2, -0.15) is 0 Å². The van der Waals surface area contributed by atoms with Crippen LogP contribution in [0.1, 0.15) is 99.0 Å². The molecule has 1 saturated carbocycles. The predicted molar refractivity (Wildman–Crippen MR) is 257 cm³/mol. The molecule has 5 aliphatic rings. The fraction of sp³-hybridized carbons (Fsp3) is 0.490. The molecule has 4 amide bonds. The Hall–Kier alpha value is -6.02. The molecule has 15 nitrogen and oxygen atoms in total. The van der Waals surface area contributed by atoms with Gasteiger partial charge in [0.25, 0.3) is 0 Å². The second kappa shape index (κ2) is 17.6. The molecule has 16 heteroatoms. The standard InChI is InChI=1S/C51H60N10O5S/c1-6-31-11-13-32(14-12-31)25-52-46(64)40-21-35(62)27-61(40)47(65)44(50(3,4)5)55-48(66)59-28-51(29-59)23-34(24-51)58-18-15-33(16-19-58)42-26-53-49(67-42)60-20-17-38-43(30(60)2)37-22-39(56-57-45(37)54-38)36-9-7-8-10-41(36)63/h1,7-14,22,26,30,33-35,40,44,62-63H,15-21,23-25,27-29H2,2-5H3,(H,52,64)(H,54,57)(H,55,66)/t30-,35-,40+,44-/m1/s1. The molecule has 4 fully saturated rings. The molecule has 67 heavy (non-hydrogen) atoms. The van der Waals surface area contributed by atoms with E-state index in [1.165, 1.54) is 21.0 Å². The zero-order valence-electron chi connectivity index (χ0n) is 38.7. The Balaban J connectivity index is 0.699. The van der Waals surface area contributed by atoms with E-state index < -0.39 is 23.6 Å². The number of anilines is 1. The molecule has 0 radical (unpaired) electrons. The number of aliphatic hydroxyl groups is 1. The van der Waals surface area contributed by atoms with Gasteiger partial charge >= 0.3 is 6.03 Å². The van der Waals surface area contributed by atoms with Gasteiger partial charge in [-0.3, -0.25) is 9.59 Å². The monoisotopic (exact) mass is 924 g/mol. The summed E-state index contributed by atoms with van der Waals surface area (Å²) in [5, 5.41) is 38.1. The van der Waals surface area contributed by atoms with Gasteiger partial charge in [-0.1, -0.05) is 51.0 Å². The largest absolute Gasteiger partial charge is 0.507 e. The quantitative estimate of drug-likeness (QED) is 0.111. The predicted octanol–water partition coefficient (Wildman–Crippen LogP) is 5.94. The molecule has 5 aromatic rings. The van der Waals surface area contributed by atoms with Gasteiger partial charge in [-0.25, -0.2) is 9.78 Å². The smallest absolute Gasteiger partial charge is 0.318 e. The number of rotatable bonds is 9. The Morgan fingerprint density at radius 2 is 1.79 bits per heavy atom. The number of fused-ring (bicyclic) bond motifs is 3. The molecule has 1 aliphatic carbocycles. The summed E-state index contributed by atoms with van der Waals surface area (Å²) in [7, 11) is 0. The minimum absolute atomic E-state index is 0.0275. The van der Waals surface area contributed by atoms with Crippen molar-refractivity contribution in [3.05, 3.63) is 88.1 Å². The molecule has 5 N–H and O–H groups in total. The molecule has 7 heterocycles. The second-order valence-corrected chi connectivity index (χ2v) is 21.7. The molecule has 0 bridgehead atoms. The minimum atomic E-state index is -0.880. The van der Waals surface area contributed by atoms with Gasteiger partial charge in [0.2, 0.25) is 11.8 Å². The molecule has 4 aliphatic heterocycles. The maximum absolute atomic E-state index is 14.2. The number of β-amino-alcohol motifs (C(OH)–C–C–N with tert-alkyl or cyclic N) is 1. The summed E-state index contributed by atoms with van der Waals surface area (Å²) < 4.78 is 0. The van der Waals surface area contributed by atoms with Crippen LogP contribution in [0, 0.1) is 23.2 Å². The number of aromatic hydroxyl groups is 1. The number of amides is 4. The number of carbonyl (C=O) groups excluding carboxylic acids is 3. The Morgan fingerprint density at radius 3 is 2.51 bits per heavy atom. The third-order valence-electron chi connectivity index (χ3n) is 15.1. The van der Waals surface area contributed by atoms with Crippen molar-refractivity contribution in [1.82, 2.24) is 45.5 Å². The van der Waals surface area contributed by atoms with E-state index in [1.54, 1.807) is 12.1 Å². The van der Waals surface area contributed by atoms with Crippen LogP contribution in [0.3, 0.4) is 0 Å². The number of aromatic nitrogens is 4. The number of thiazole rings is 1. The van der Waals surface area contributed by atoms with Crippen molar-refractivity contribution < 1.29 is 24.6 Å². The first-order valence-electron chi connectivity index (χ1n) is 23.7. The fourth-order valence-corrected chi connectivity index (χ4v) is 12.5. The summed E-state index contributed by atoms with van der Waals surface area (Å²) in [5.74, 6) is 2.53. The number of nitrogens with zero attached hydrogens (tertiary/aromatic N) is 7. The maximum atomic E-state index is 14.2. The number of likely N-dealkylation sites (tertiary alicyclic amines) is 3. The number of aromatic amines is 1. The highest BCUT2D eigenvalue weighted by atomic mass is 32.1. The lowest BCUT2D eigenvalue weighted by atomic mass is 9.60. The molecule has 3 saturated heterocycles. The molecular weight excluding hydrogens is 865 g/mol. The number of phenolic OH excluding ortho intramolecular Hbond substituents is 1. The molecule has 0 unspecified atom stereocenters. The topological polar surface area (TPSA) is 183 Å². The van der Waals surface area contributed by atoms with E-state index in [1.807, 2.05) is 79.5 Å². The van der Waals surface area contributed by atoms with Gasteiger partial charge in [0.15, 0.2) is 10.8 Å². The van der Waals surface area contributed by atoms with Crippen LogP contribution in [-0.4, -0.2) is 126 Å². The molecular formula is C51H60N10O5S. The number of hydrogen-bond donors (Lipinski definition) is 5. The van der Waals surface area contributed by atoms with E-state index in [0.717, 1.165) is 79.0 Å². The van der Waals surface area contributed by atoms with Crippen molar-refractivity contribution in [2.75, 3.05) is 44.2 Å². The number of aliphatic hydroxyl groups excluding tert-OH is 1. The SMILES string of the molecule is C#Cc1ccc(CNC(=O)[C@@H]2C[C@@H](O)CN2C(=O)[C@@H](NC(=O)N2CC3(CC(N4CCC(c5cnc(N6CCc7[nH]c8nnc(-c9ccccc9O)cc8c7[C@H]6C)s5)CC4)C3)C2)C(C)(C)C)cc1. The normalized spacial score (nSPS) is 22.5. The highest BCUT2D eigenvalue weighted by Crippen LogP contribution is 2.51. The van der Waals surface area contributed by atoms with Gasteiger partial charge in [-0.15, -0.1) is 28.0 Å². The van der Waals surface area contributed by atoms with Crippen LogP contribution in [-0.2, 0) is 22.6 Å². The van der Waals surface area contributed by atoms with E-state index in [9.17, 15) is 24.6 Å². The van der Waals surface area contributed by atoms with Crippen LogP contribution in [0.15, 0.2) is 60.8 Å². The van der Waals surface area contributed by atoms with Crippen LogP contribution in [0.2, 0.25) is 0 Å². The van der Waals surface area contributed by atoms with Crippen LogP contribution >= 0.6 is 11.3 Å². The molecule has 1 spiro atoms. The number of benzene rings is 2. The second-order valence-electron chi connectivity index (χ2n) is 20.6. The lowest BCUT2D eigenvalue weighted by Gasteiger charge is -2.61. The number of carbonyl (C=O) groups is 3. The number of para-hydroxylation sites is 1. The van der Waals surface area contributed by atoms with E-state index in [4.69, 9.17) is 11.4 Å². The lowest BCUT2D eigenvalue weighted by molar-refractivity contribution is -0.142. The van der Waals surface area contributed by atoms with E-state index in [-0.39, 0.29) is 54.6 Å². The fourth-order valence-electron chi connectivity index (χ4n) is 11.3. The number of phenols is 1. The van der Waals surface area contributed by atoms with Crippen molar-refractivity contribution in [1.29, 1.82) is 0 Å². The number of hydrogen-bond acceptors (Lipinski definition) is 11. The highest BCUT2D eigenvalue weighted by molar-refractivity contribution is 7.15. The average Bonchev–Trinajstić information content (AvgIpc) is 4.04. The summed E-state index contributed by atoms with van der Waals surface area (Å²) >= 11 is 1.82. The first-order valence-corrected chi connectivity index (χ1v) is 24.5. The lowest BCUT2D eigenvalue weighted by Crippen LogP contribution is -2.70. The molecule has 4 atom stereocenters. The third kappa shape index (κ3) is 8.62. The molecule has 350 valence electrons. The maximum Gasteiger partial charge on any atom is 0.318 e. The number of H-pyrrole nitrogens is 1. The van der Waals surface area contributed by atoms with Crippen LogP contribution in [0.4, 0.5) is 9.93 Å². The van der Waals surface area contributed by atoms with E-state index in [0.29, 0.717) is 36.3 Å². The number of terminal acetylenes is 1. The van der Waals surface area contributed by atoms with Gasteiger partial charge in [0.05, 0.1) is 17.8 Å². The summed E-state index contributed by atoms with van der Waals surface area (Å²) in [6.07, 6.45) is 12.0. The van der Waals surface area contributed by atoms with E-state index >= 15 is 0 Å². The van der Waals surface area contributed by atoms with Crippen LogP contribution in [0.25, 0.3) is 22.3 Å². The number of piperidine rings is 1. The van der Waals surface area contributed by atoms with Crippen LogP contribution < -0.4 is 15.5 Å².